The van der Waals surface area contributed by atoms with Crippen LogP contribution in [0.3, 0.4) is 0 Å². The van der Waals surface area contributed by atoms with E-state index in [2.05, 4.69) is 19.2 Å². The minimum absolute atomic E-state index is 0.0335. The van der Waals surface area contributed by atoms with E-state index in [-0.39, 0.29) is 11.5 Å². The molecule has 5 heteroatoms. The van der Waals surface area contributed by atoms with Crippen LogP contribution in [0.1, 0.15) is 20.3 Å². The second kappa shape index (κ2) is 4.46. The van der Waals surface area contributed by atoms with E-state index in [9.17, 15) is 8.42 Å². The van der Waals surface area contributed by atoms with Crippen molar-refractivity contribution in [2.75, 3.05) is 18.2 Å². The van der Waals surface area contributed by atoms with Crippen molar-refractivity contribution in [3.8, 4) is 0 Å². The van der Waals surface area contributed by atoms with Gasteiger partial charge in [-0.25, -0.2) is 8.42 Å². The molecule has 0 amide bonds. The van der Waals surface area contributed by atoms with Crippen LogP contribution in [0, 0.1) is 11.3 Å². The molecular weight excluding hydrogens is 274 g/mol. The Morgan fingerprint density at radius 2 is 2.00 bits per heavy atom. The molecule has 2 aliphatic rings. The molecule has 3 atom stereocenters. The molecule has 1 aliphatic carbocycles. The summed E-state index contributed by atoms with van der Waals surface area (Å²) in [6.07, 6.45) is 2.60. The van der Waals surface area contributed by atoms with Crippen LogP contribution in [0.25, 0.3) is 0 Å². The molecule has 3 unspecified atom stereocenters. The van der Waals surface area contributed by atoms with Crippen LogP contribution in [-0.4, -0.2) is 33.4 Å². The van der Waals surface area contributed by atoms with Gasteiger partial charge in [0.15, 0.2) is 9.84 Å². The smallest absolute Gasteiger partial charge is 0.177 e. The number of para-hydroxylation sites is 1. The summed E-state index contributed by atoms with van der Waals surface area (Å²) in [5.41, 5.74) is 0.740. The summed E-state index contributed by atoms with van der Waals surface area (Å²) >= 11 is 0. The van der Waals surface area contributed by atoms with Crippen molar-refractivity contribution in [2.24, 2.45) is 11.3 Å². The SMILES string of the molecule is CC1(C)C(Nc2ccccc2S(C)(=O)=O)C2CCOC21. The van der Waals surface area contributed by atoms with Crippen LogP contribution in [0.5, 0.6) is 0 Å². The molecule has 1 saturated carbocycles. The molecule has 0 spiro atoms. The highest BCUT2D eigenvalue weighted by molar-refractivity contribution is 7.90. The van der Waals surface area contributed by atoms with E-state index in [1.807, 2.05) is 12.1 Å². The average Bonchev–Trinajstić information content (AvgIpc) is 2.82. The third-order valence-electron chi connectivity index (χ3n) is 4.70. The van der Waals surface area contributed by atoms with Crippen LogP contribution in [-0.2, 0) is 14.6 Å². The molecule has 3 rings (SSSR count). The van der Waals surface area contributed by atoms with Crippen LogP contribution < -0.4 is 5.32 Å². The molecule has 1 aromatic carbocycles. The van der Waals surface area contributed by atoms with E-state index in [1.54, 1.807) is 12.1 Å². The number of hydrogen-bond acceptors (Lipinski definition) is 4. The summed E-state index contributed by atoms with van der Waals surface area (Å²) in [6.45, 7) is 5.17. The second-order valence-corrected chi connectivity index (χ2v) is 8.44. The Morgan fingerprint density at radius 1 is 1.30 bits per heavy atom. The molecule has 1 aliphatic heterocycles. The zero-order chi connectivity index (χ0) is 14.5. The fraction of sp³-hybridized carbons (Fsp3) is 0.600. The number of hydrogen-bond donors (Lipinski definition) is 1. The van der Waals surface area contributed by atoms with Crippen molar-refractivity contribution >= 4 is 15.5 Å². The van der Waals surface area contributed by atoms with E-state index in [0.29, 0.717) is 22.6 Å². The van der Waals surface area contributed by atoms with Crippen molar-refractivity contribution in [1.29, 1.82) is 0 Å². The lowest BCUT2D eigenvalue weighted by Crippen LogP contribution is -2.63. The number of fused-ring (bicyclic) bond motifs is 1. The monoisotopic (exact) mass is 295 g/mol. The van der Waals surface area contributed by atoms with Crippen molar-refractivity contribution in [3.05, 3.63) is 24.3 Å². The lowest BCUT2D eigenvalue weighted by atomic mass is 9.57. The molecule has 0 radical (unpaired) electrons. The van der Waals surface area contributed by atoms with Gasteiger partial charge in [0, 0.05) is 30.2 Å². The second-order valence-electron chi connectivity index (χ2n) is 6.46. The van der Waals surface area contributed by atoms with Crippen LogP contribution in [0.2, 0.25) is 0 Å². The molecule has 0 bridgehead atoms. The number of rotatable bonds is 3. The van der Waals surface area contributed by atoms with Crippen LogP contribution >= 0.6 is 0 Å². The largest absolute Gasteiger partial charge is 0.380 e. The van der Waals surface area contributed by atoms with Gasteiger partial charge < -0.3 is 10.1 Å². The van der Waals surface area contributed by atoms with Gasteiger partial charge in [-0.2, -0.15) is 0 Å². The van der Waals surface area contributed by atoms with E-state index >= 15 is 0 Å². The zero-order valence-electron chi connectivity index (χ0n) is 12.1. The molecule has 1 aromatic rings. The van der Waals surface area contributed by atoms with Gasteiger partial charge in [-0.3, -0.25) is 0 Å². The first-order valence-corrected chi connectivity index (χ1v) is 8.88. The number of anilines is 1. The first-order chi connectivity index (χ1) is 9.32. The molecule has 2 fully saturated rings. The average molecular weight is 295 g/mol. The van der Waals surface area contributed by atoms with Gasteiger partial charge in [0.2, 0.25) is 0 Å². The lowest BCUT2D eigenvalue weighted by Gasteiger charge is -2.55. The Morgan fingerprint density at radius 3 is 2.70 bits per heavy atom. The molecule has 1 N–H and O–H groups in total. The van der Waals surface area contributed by atoms with Gasteiger partial charge >= 0.3 is 0 Å². The Kier molecular flexibility index (Phi) is 3.10. The van der Waals surface area contributed by atoms with Gasteiger partial charge in [0.25, 0.3) is 0 Å². The van der Waals surface area contributed by atoms with E-state index < -0.39 is 9.84 Å². The summed E-state index contributed by atoms with van der Waals surface area (Å²) in [7, 11) is -3.22. The fourth-order valence-electron chi connectivity index (χ4n) is 3.69. The maximum atomic E-state index is 11.9. The molecule has 4 nitrogen and oxygen atoms in total. The van der Waals surface area contributed by atoms with Gasteiger partial charge in [-0.05, 0) is 18.6 Å². The first-order valence-electron chi connectivity index (χ1n) is 6.99. The van der Waals surface area contributed by atoms with E-state index in [0.717, 1.165) is 13.0 Å². The Hall–Kier alpha value is -1.07. The first kappa shape index (κ1) is 13.9. The highest BCUT2D eigenvalue weighted by Gasteiger charge is 2.59. The van der Waals surface area contributed by atoms with Crippen molar-refractivity contribution in [1.82, 2.24) is 0 Å². The minimum Gasteiger partial charge on any atom is -0.380 e. The van der Waals surface area contributed by atoms with E-state index in [1.165, 1.54) is 6.26 Å². The van der Waals surface area contributed by atoms with Gasteiger partial charge in [-0.1, -0.05) is 26.0 Å². The van der Waals surface area contributed by atoms with Gasteiger partial charge in [-0.15, -0.1) is 0 Å². The van der Waals surface area contributed by atoms with Crippen molar-refractivity contribution in [2.45, 2.75) is 37.3 Å². The molecule has 20 heavy (non-hydrogen) atoms. The fourth-order valence-corrected chi connectivity index (χ4v) is 4.55. The third kappa shape index (κ3) is 2.04. The Balaban J connectivity index is 1.90. The highest BCUT2D eigenvalue weighted by Crippen LogP contribution is 2.53. The highest BCUT2D eigenvalue weighted by atomic mass is 32.2. The number of ether oxygens (including phenoxy) is 1. The standard InChI is InChI=1S/C15H21NO3S/c1-15(2)13(10-8-9-19-14(10)15)16-11-6-4-5-7-12(11)20(3,17)18/h4-7,10,13-14,16H,8-9H2,1-3H3. The number of sulfone groups is 1. The summed E-state index contributed by atoms with van der Waals surface area (Å²) in [5, 5.41) is 3.46. The summed E-state index contributed by atoms with van der Waals surface area (Å²) in [4.78, 5) is 0.373. The minimum atomic E-state index is -3.22. The molecule has 1 heterocycles. The summed E-state index contributed by atoms with van der Waals surface area (Å²) in [5.74, 6) is 0.484. The van der Waals surface area contributed by atoms with E-state index in [4.69, 9.17) is 4.74 Å². The maximum absolute atomic E-state index is 11.9. The van der Waals surface area contributed by atoms with Gasteiger partial charge in [0.05, 0.1) is 16.7 Å². The maximum Gasteiger partial charge on any atom is 0.177 e. The number of benzene rings is 1. The molecule has 1 saturated heterocycles. The summed E-state index contributed by atoms with van der Waals surface area (Å²) < 4.78 is 29.5. The molecular formula is C15H21NO3S. The van der Waals surface area contributed by atoms with Crippen LogP contribution in [0.15, 0.2) is 29.2 Å². The Labute approximate surface area is 120 Å². The van der Waals surface area contributed by atoms with Crippen molar-refractivity contribution < 1.29 is 13.2 Å². The normalized spacial score (nSPS) is 31.4. The predicted octanol–water partition coefficient (Wildman–Crippen LogP) is 2.32. The molecule has 110 valence electrons. The third-order valence-corrected chi connectivity index (χ3v) is 5.85. The number of nitrogens with one attached hydrogen (secondary N) is 1. The Bertz CT molecular complexity index is 624. The van der Waals surface area contributed by atoms with Crippen LogP contribution in [0.4, 0.5) is 5.69 Å². The van der Waals surface area contributed by atoms with Gasteiger partial charge in [0.1, 0.15) is 0 Å². The zero-order valence-corrected chi connectivity index (χ0v) is 12.9. The quantitative estimate of drug-likeness (QED) is 0.930. The predicted molar refractivity (Wildman–Crippen MR) is 78.6 cm³/mol. The molecule has 0 aromatic heterocycles. The topological polar surface area (TPSA) is 55.4 Å². The van der Waals surface area contributed by atoms with Crippen molar-refractivity contribution in [3.63, 3.8) is 0 Å². The lowest BCUT2D eigenvalue weighted by molar-refractivity contribution is -0.0923. The summed E-state index contributed by atoms with van der Waals surface area (Å²) in [6, 6.07) is 7.39.